The van der Waals surface area contributed by atoms with Gasteiger partial charge in [0, 0.05) is 31.1 Å². The van der Waals surface area contributed by atoms with Crippen LogP contribution in [0.3, 0.4) is 0 Å². The molecule has 0 radical (unpaired) electrons. The second-order valence-electron chi connectivity index (χ2n) is 10.9. The fourth-order valence-corrected chi connectivity index (χ4v) is 6.88. The molecular formula is C26H35N5O5S. The van der Waals surface area contributed by atoms with Gasteiger partial charge in [-0.25, -0.2) is 27.9 Å². The summed E-state index contributed by atoms with van der Waals surface area (Å²) in [7, 11) is -3.13. The first-order valence-electron chi connectivity index (χ1n) is 12.9. The Kier molecular flexibility index (Phi) is 7.37. The third-order valence-corrected chi connectivity index (χ3v) is 8.77. The summed E-state index contributed by atoms with van der Waals surface area (Å²) in [5.74, 6) is 1.03. The number of likely N-dealkylation sites (tertiary alicyclic amines) is 1. The second kappa shape index (κ2) is 10.5. The van der Waals surface area contributed by atoms with Crippen molar-refractivity contribution in [3.8, 4) is 11.5 Å². The van der Waals surface area contributed by atoms with E-state index in [-0.39, 0.29) is 22.8 Å². The van der Waals surface area contributed by atoms with Crippen LogP contribution in [-0.4, -0.2) is 79.4 Å². The van der Waals surface area contributed by atoms with Gasteiger partial charge in [0.2, 0.25) is 10.0 Å². The molecule has 200 valence electrons. The van der Waals surface area contributed by atoms with E-state index in [1.165, 1.54) is 18.6 Å². The quantitative estimate of drug-likeness (QED) is 0.531. The average molecular weight is 530 g/mol. The Balaban J connectivity index is 1.12. The van der Waals surface area contributed by atoms with Crippen molar-refractivity contribution in [2.45, 2.75) is 44.6 Å². The van der Waals surface area contributed by atoms with Crippen LogP contribution in [0.2, 0.25) is 0 Å². The van der Waals surface area contributed by atoms with E-state index < -0.39 is 16.0 Å². The van der Waals surface area contributed by atoms with E-state index in [0.29, 0.717) is 17.5 Å². The first kappa shape index (κ1) is 25.9. The summed E-state index contributed by atoms with van der Waals surface area (Å²) >= 11 is 0. The number of nitrogens with one attached hydrogen (secondary N) is 1. The second-order valence-corrected chi connectivity index (χ2v) is 12.7. The third-order valence-electron chi connectivity index (χ3n) is 8.01. The van der Waals surface area contributed by atoms with Gasteiger partial charge in [-0.1, -0.05) is 12.1 Å². The van der Waals surface area contributed by atoms with Crippen LogP contribution in [0.1, 0.15) is 48.9 Å². The number of nitrogens with zero attached hydrogens (tertiary/aromatic N) is 4. The minimum Gasteiger partial charge on any atom is -0.478 e. The number of anilines is 1. The molecule has 10 nitrogen and oxygen atoms in total. The molecule has 5 rings (SSSR count). The summed E-state index contributed by atoms with van der Waals surface area (Å²) in [5.41, 5.74) is 0.374. The monoisotopic (exact) mass is 529 g/mol. The molecule has 3 heterocycles. The smallest absolute Gasteiger partial charge is 0.339 e. The molecule has 1 spiro atoms. The maximum atomic E-state index is 11.6. The molecule has 1 aromatic carbocycles. The van der Waals surface area contributed by atoms with E-state index in [1.54, 1.807) is 24.4 Å². The minimum atomic E-state index is -3.13. The molecule has 37 heavy (non-hydrogen) atoms. The number of para-hydroxylation sites is 1. The fraction of sp³-hybridized carbons (Fsp3) is 0.577. The van der Waals surface area contributed by atoms with E-state index in [0.717, 1.165) is 71.2 Å². The molecule has 1 saturated carbocycles. The number of benzene rings is 1. The van der Waals surface area contributed by atoms with Crippen LogP contribution in [-0.2, 0) is 10.0 Å². The van der Waals surface area contributed by atoms with Gasteiger partial charge in [0.25, 0.3) is 0 Å². The summed E-state index contributed by atoms with van der Waals surface area (Å²) in [5, 5.41) is 9.47. The summed E-state index contributed by atoms with van der Waals surface area (Å²) in [4.78, 5) is 24.9. The molecule has 0 unspecified atom stereocenters. The number of rotatable bonds is 8. The largest absolute Gasteiger partial charge is 0.478 e. The number of aromatic nitrogens is 2. The maximum Gasteiger partial charge on any atom is 0.339 e. The topological polar surface area (TPSA) is 125 Å². The van der Waals surface area contributed by atoms with E-state index >= 15 is 0 Å². The van der Waals surface area contributed by atoms with E-state index in [1.807, 2.05) is 0 Å². The van der Waals surface area contributed by atoms with Crippen molar-refractivity contribution in [1.29, 1.82) is 0 Å². The summed E-state index contributed by atoms with van der Waals surface area (Å²) in [6.07, 6.45) is 10.6. The molecule has 2 saturated heterocycles. The van der Waals surface area contributed by atoms with E-state index in [2.05, 4.69) is 24.5 Å². The number of carboxylic acids is 1. The fourth-order valence-electron chi connectivity index (χ4n) is 6.04. The Labute approximate surface area is 218 Å². The van der Waals surface area contributed by atoms with Crippen LogP contribution >= 0.6 is 0 Å². The van der Waals surface area contributed by atoms with E-state index in [9.17, 15) is 18.3 Å². The van der Waals surface area contributed by atoms with Crippen LogP contribution in [0.25, 0.3) is 0 Å². The molecule has 1 aliphatic carbocycles. The van der Waals surface area contributed by atoms with Crippen LogP contribution < -0.4 is 14.4 Å². The highest BCUT2D eigenvalue weighted by atomic mass is 32.2. The molecule has 2 aromatic rings. The highest BCUT2D eigenvalue weighted by Gasteiger charge is 2.46. The minimum absolute atomic E-state index is 0.0881. The van der Waals surface area contributed by atoms with Crippen LogP contribution in [0.5, 0.6) is 11.5 Å². The molecule has 3 fully saturated rings. The maximum absolute atomic E-state index is 11.6. The molecule has 0 atom stereocenters. The molecule has 0 bridgehead atoms. The van der Waals surface area contributed by atoms with Crippen molar-refractivity contribution in [1.82, 2.24) is 19.6 Å². The van der Waals surface area contributed by atoms with Crippen LogP contribution in [0, 0.1) is 11.3 Å². The summed E-state index contributed by atoms with van der Waals surface area (Å²) < 4.78 is 31.7. The van der Waals surface area contributed by atoms with Crippen LogP contribution in [0.4, 0.5) is 5.82 Å². The SMILES string of the molecule is CS(=O)(=O)NC1CCC(CN2CCC3(CC2)CN(c2ncncc2Oc2ccccc2C(=O)O)C3)CC1. The van der Waals surface area contributed by atoms with Crippen molar-refractivity contribution in [3.05, 3.63) is 42.4 Å². The Hall–Kier alpha value is -2.76. The lowest BCUT2D eigenvalue weighted by Crippen LogP contribution is -2.61. The Bertz CT molecular complexity index is 1220. The zero-order chi connectivity index (χ0) is 26.0. The van der Waals surface area contributed by atoms with Crippen LogP contribution in [0.15, 0.2) is 36.8 Å². The Morgan fingerprint density at radius 3 is 2.51 bits per heavy atom. The average Bonchev–Trinajstić information content (AvgIpc) is 2.84. The zero-order valence-corrected chi connectivity index (χ0v) is 22.0. The normalized spacial score (nSPS) is 24.0. The van der Waals surface area contributed by atoms with Gasteiger partial charge in [-0.2, -0.15) is 0 Å². The number of sulfonamides is 1. The highest BCUT2D eigenvalue weighted by Crippen LogP contribution is 2.45. The number of aromatic carboxylic acids is 1. The molecule has 2 N–H and O–H groups in total. The predicted molar refractivity (Wildman–Crippen MR) is 140 cm³/mol. The van der Waals surface area contributed by atoms with Crippen molar-refractivity contribution >= 4 is 21.8 Å². The number of hydrogen-bond donors (Lipinski definition) is 2. The lowest BCUT2D eigenvalue weighted by Gasteiger charge is -2.54. The summed E-state index contributed by atoms with van der Waals surface area (Å²) in [6, 6.07) is 6.67. The summed E-state index contributed by atoms with van der Waals surface area (Å²) in [6.45, 7) is 5.05. The first-order valence-corrected chi connectivity index (χ1v) is 14.8. The van der Waals surface area contributed by atoms with Gasteiger partial charge in [0.1, 0.15) is 17.6 Å². The highest BCUT2D eigenvalue weighted by molar-refractivity contribution is 7.88. The number of ether oxygens (including phenoxy) is 1. The molecule has 3 aliphatic rings. The molecule has 0 amide bonds. The van der Waals surface area contributed by atoms with Gasteiger partial charge >= 0.3 is 5.97 Å². The Morgan fingerprint density at radius 2 is 1.84 bits per heavy atom. The number of carboxylic acid groups (broad SMARTS) is 1. The van der Waals surface area contributed by atoms with Gasteiger partial charge < -0.3 is 19.6 Å². The number of piperidine rings is 1. The van der Waals surface area contributed by atoms with Gasteiger partial charge in [-0.15, -0.1) is 0 Å². The van der Waals surface area contributed by atoms with Crippen molar-refractivity contribution in [2.75, 3.05) is 43.9 Å². The van der Waals surface area contributed by atoms with Crippen molar-refractivity contribution < 1.29 is 23.1 Å². The molecule has 2 aliphatic heterocycles. The third kappa shape index (κ3) is 6.22. The molecule has 11 heteroatoms. The van der Waals surface area contributed by atoms with Gasteiger partial charge in [0.05, 0.1) is 12.5 Å². The predicted octanol–water partition coefficient (Wildman–Crippen LogP) is 2.98. The standard InChI is InChI=1S/C26H35N5O5S/c1-37(34,35)29-20-8-6-19(7-9-20)15-30-12-10-26(11-13-30)16-31(17-26)24-23(14-27-18-28-24)36-22-5-3-2-4-21(22)25(32)33/h2-5,14,18-20,29H,6-13,15-17H2,1H3,(H,32,33). The zero-order valence-electron chi connectivity index (χ0n) is 21.2. The van der Waals surface area contributed by atoms with Gasteiger partial charge in [0.15, 0.2) is 11.6 Å². The van der Waals surface area contributed by atoms with Gasteiger partial charge in [-0.05, 0) is 69.7 Å². The number of hydrogen-bond acceptors (Lipinski definition) is 8. The van der Waals surface area contributed by atoms with Crippen molar-refractivity contribution in [2.24, 2.45) is 11.3 Å². The molecule has 1 aromatic heterocycles. The lowest BCUT2D eigenvalue weighted by molar-refractivity contribution is 0.0618. The Morgan fingerprint density at radius 1 is 1.14 bits per heavy atom. The first-order chi connectivity index (χ1) is 17.7. The van der Waals surface area contributed by atoms with Gasteiger partial charge in [-0.3, -0.25) is 0 Å². The molecular weight excluding hydrogens is 494 g/mol. The number of carbonyl (C=O) groups is 1. The van der Waals surface area contributed by atoms with Crippen molar-refractivity contribution in [3.63, 3.8) is 0 Å². The lowest BCUT2D eigenvalue weighted by atomic mass is 9.71. The van der Waals surface area contributed by atoms with E-state index in [4.69, 9.17) is 4.74 Å².